The Balaban J connectivity index is 2.60. The van der Waals surface area contributed by atoms with Gasteiger partial charge in [0.05, 0.1) is 5.02 Å². The van der Waals surface area contributed by atoms with Crippen LogP contribution in [0.2, 0.25) is 5.02 Å². The Morgan fingerprint density at radius 1 is 1.29 bits per heavy atom. The Morgan fingerprint density at radius 2 is 2.00 bits per heavy atom. The zero-order chi connectivity index (χ0) is 12.6. The van der Waals surface area contributed by atoms with Gasteiger partial charge in [-0.25, -0.2) is 4.39 Å². The molecule has 0 saturated heterocycles. The number of nitrogens with zero attached hydrogens (tertiary/aromatic N) is 1. The van der Waals surface area contributed by atoms with Gasteiger partial charge in [0.1, 0.15) is 5.82 Å². The Bertz CT molecular complexity index is 561. The molecule has 90 valence electrons. The van der Waals surface area contributed by atoms with Crippen LogP contribution < -0.4 is 5.73 Å². The third-order valence-corrected chi connectivity index (χ3v) is 3.21. The highest BCUT2D eigenvalue weighted by Crippen LogP contribution is 2.24. The molecule has 0 atom stereocenters. The summed E-state index contributed by atoms with van der Waals surface area (Å²) in [6.07, 6.45) is 0. The summed E-state index contributed by atoms with van der Waals surface area (Å²) >= 11 is 5.80. The summed E-state index contributed by atoms with van der Waals surface area (Å²) in [5.74, 6) is -0.406. The van der Waals surface area contributed by atoms with Gasteiger partial charge in [0.15, 0.2) is 0 Å². The second-order valence-corrected chi connectivity index (χ2v) is 4.44. The van der Waals surface area contributed by atoms with Crippen LogP contribution in [0.15, 0.2) is 24.3 Å². The molecule has 2 rings (SSSR count). The minimum absolute atomic E-state index is 0.129. The van der Waals surface area contributed by atoms with E-state index in [0.29, 0.717) is 6.54 Å². The van der Waals surface area contributed by atoms with Crippen molar-refractivity contribution in [2.45, 2.75) is 20.4 Å². The third kappa shape index (κ3) is 2.08. The predicted octanol–water partition coefficient (Wildman–Crippen LogP) is 3.35. The minimum atomic E-state index is -0.406. The maximum Gasteiger partial charge on any atom is 0.141 e. The molecule has 0 saturated carbocycles. The molecule has 0 aliphatic carbocycles. The van der Waals surface area contributed by atoms with E-state index in [-0.39, 0.29) is 5.02 Å². The van der Waals surface area contributed by atoms with E-state index >= 15 is 0 Å². The highest BCUT2D eigenvalue weighted by Gasteiger charge is 2.10. The van der Waals surface area contributed by atoms with Crippen LogP contribution in [0, 0.1) is 19.7 Å². The van der Waals surface area contributed by atoms with Crippen LogP contribution in [0.5, 0.6) is 0 Å². The Hall–Kier alpha value is -1.32. The van der Waals surface area contributed by atoms with Crippen molar-refractivity contribution < 1.29 is 4.39 Å². The summed E-state index contributed by atoms with van der Waals surface area (Å²) in [7, 11) is 0. The Labute approximate surface area is 105 Å². The second kappa shape index (κ2) is 4.51. The first-order valence-electron chi connectivity index (χ1n) is 5.38. The first-order valence-corrected chi connectivity index (χ1v) is 5.75. The van der Waals surface area contributed by atoms with Crippen molar-refractivity contribution in [3.05, 3.63) is 52.1 Å². The molecular formula is C13H14ClFN2. The van der Waals surface area contributed by atoms with Gasteiger partial charge in [-0.2, -0.15) is 0 Å². The maximum absolute atomic E-state index is 13.1. The molecule has 0 unspecified atom stereocenters. The summed E-state index contributed by atoms with van der Waals surface area (Å²) in [5.41, 5.74) is 9.73. The number of aryl methyl sites for hydroxylation is 1. The maximum atomic E-state index is 13.1. The van der Waals surface area contributed by atoms with Crippen molar-refractivity contribution in [3.8, 4) is 5.69 Å². The van der Waals surface area contributed by atoms with Gasteiger partial charge in [-0.15, -0.1) is 0 Å². The van der Waals surface area contributed by atoms with Crippen molar-refractivity contribution in [1.82, 2.24) is 4.57 Å². The molecule has 0 radical (unpaired) electrons. The normalized spacial score (nSPS) is 10.9. The lowest BCUT2D eigenvalue weighted by atomic mass is 10.2. The van der Waals surface area contributed by atoms with E-state index in [4.69, 9.17) is 17.3 Å². The lowest BCUT2D eigenvalue weighted by molar-refractivity contribution is 0.627. The molecule has 0 aliphatic heterocycles. The van der Waals surface area contributed by atoms with E-state index in [9.17, 15) is 4.39 Å². The lowest BCUT2D eigenvalue weighted by Gasteiger charge is -2.10. The zero-order valence-electron chi connectivity index (χ0n) is 9.80. The van der Waals surface area contributed by atoms with Gasteiger partial charge in [-0.1, -0.05) is 11.6 Å². The highest BCUT2D eigenvalue weighted by atomic mass is 35.5. The first-order chi connectivity index (χ1) is 8.04. The van der Waals surface area contributed by atoms with Crippen LogP contribution in [0.3, 0.4) is 0 Å². The summed E-state index contributed by atoms with van der Waals surface area (Å²) < 4.78 is 15.1. The topological polar surface area (TPSA) is 30.9 Å². The van der Waals surface area contributed by atoms with Crippen molar-refractivity contribution in [2.75, 3.05) is 0 Å². The average Bonchev–Trinajstić information content (AvgIpc) is 2.58. The standard InChI is InChI=1S/C13H14ClFN2/c1-8-5-10(7-16)9(2)17(8)11-3-4-13(15)12(14)6-11/h3-6H,7,16H2,1-2H3. The number of nitrogens with two attached hydrogens (primary N) is 1. The smallest absolute Gasteiger partial charge is 0.141 e. The van der Waals surface area contributed by atoms with Crippen molar-refractivity contribution >= 4 is 11.6 Å². The number of rotatable bonds is 2. The molecule has 0 bridgehead atoms. The molecule has 2 nitrogen and oxygen atoms in total. The van der Waals surface area contributed by atoms with E-state index in [0.717, 1.165) is 22.6 Å². The van der Waals surface area contributed by atoms with Gasteiger partial charge in [-0.05, 0) is 43.7 Å². The molecule has 17 heavy (non-hydrogen) atoms. The molecule has 1 aromatic carbocycles. The molecule has 1 aromatic heterocycles. The van der Waals surface area contributed by atoms with Crippen LogP contribution in [0.4, 0.5) is 4.39 Å². The number of hydrogen-bond acceptors (Lipinski definition) is 1. The van der Waals surface area contributed by atoms with E-state index in [1.54, 1.807) is 12.1 Å². The summed E-state index contributed by atoms with van der Waals surface area (Å²) in [6, 6.07) is 6.74. The number of halogens is 2. The molecular weight excluding hydrogens is 239 g/mol. The van der Waals surface area contributed by atoms with Crippen molar-refractivity contribution in [2.24, 2.45) is 5.73 Å². The Kier molecular flexibility index (Phi) is 3.22. The molecule has 2 aromatic rings. The fourth-order valence-electron chi connectivity index (χ4n) is 2.06. The third-order valence-electron chi connectivity index (χ3n) is 2.92. The van der Waals surface area contributed by atoms with Gasteiger partial charge >= 0.3 is 0 Å². The summed E-state index contributed by atoms with van der Waals surface area (Å²) in [4.78, 5) is 0. The molecule has 0 amide bonds. The van der Waals surface area contributed by atoms with Crippen LogP contribution >= 0.6 is 11.6 Å². The van der Waals surface area contributed by atoms with Crippen LogP contribution in [0.1, 0.15) is 17.0 Å². The molecule has 4 heteroatoms. The monoisotopic (exact) mass is 252 g/mol. The lowest BCUT2D eigenvalue weighted by Crippen LogP contribution is -2.02. The van der Waals surface area contributed by atoms with Crippen molar-refractivity contribution in [3.63, 3.8) is 0 Å². The SMILES string of the molecule is Cc1cc(CN)c(C)n1-c1ccc(F)c(Cl)c1. The van der Waals surface area contributed by atoms with Gasteiger partial charge < -0.3 is 10.3 Å². The molecule has 1 heterocycles. The van der Waals surface area contributed by atoms with E-state index in [1.807, 2.05) is 24.5 Å². The van der Waals surface area contributed by atoms with Crippen LogP contribution in [0.25, 0.3) is 5.69 Å². The quantitative estimate of drug-likeness (QED) is 0.873. The predicted molar refractivity (Wildman–Crippen MR) is 68.1 cm³/mol. The number of aromatic nitrogens is 1. The number of hydrogen-bond donors (Lipinski definition) is 1. The molecule has 2 N–H and O–H groups in total. The van der Waals surface area contributed by atoms with Crippen molar-refractivity contribution in [1.29, 1.82) is 0 Å². The molecule has 0 spiro atoms. The molecule has 0 aliphatic rings. The van der Waals surface area contributed by atoms with Gasteiger partial charge in [0.25, 0.3) is 0 Å². The largest absolute Gasteiger partial charge is 0.326 e. The fourth-order valence-corrected chi connectivity index (χ4v) is 2.23. The van der Waals surface area contributed by atoms with Gasteiger partial charge in [-0.3, -0.25) is 0 Å². The van der Waals surface area contributed by atoms with Gasteiger partial charge in [0.2, 0.25) is 0 Å². The van der Waals surface area contributed by atoms with Crippen LogP contribution in [-0.4, -0.2) is 4.57 Å². The van der Waals surface area contributed by atoms with Gasteiger partial charge in [0, 0.05) is 23.6 Å². The average molecular weight is 253 g/mol. The Morgan fingerprint density at radius 3 is 2.53 bits per heavy atom. The van der Waals surface area contributed by atoms with Crippen LogP contribution in [-0.2, 0) is 6.54 Å². The van der Waals surface area contributed by atoms with E-state index in [1.165, 1.54) is 6.07 Å². The number of benzene rings is 1. The second-order valence-electron chi connectivity index (χ2n) is 4.03. The van der Waals surface area contributed by atoms with E-state index in [2.05, 4.69) is 0 Å². The van der Waals surface area contributed by atoms with E-state index < -0.39 is 5.82 Å². The molecule has 0 fully saturated rings. The minimum Gasteiger partial charge on any atom is -0.326 e. The highest BCUT2D eigenvalue weighted by molar-refractivity contribution is 6.30. The summed E-state index contributed by atoms with van der Waals surface area (Å²) in [5, 5.41) is 0.129. The fraction of sp³-hybridized carbons (Fsp3) is 0.231. The summed E-state index contributed by atoms with van der Waals surface area (Å²) in [6.45, 7) is 4.48. The first kappa shape index (κ1) is 12.1. The zero-order valence-corrected chi connectivity index (χ0v) is 10.6.